The van der Waals surface area contributed by atoms with Crippen molar-refractivity contribution < 1.29 is 0 Å². The molecule has 0 aliphatic carbocycles. The normalized spacial score (nSPS) is 19.4. The molecule has 118 valence electrons. The summed E-state index contributed by atoms with van der Waals surface area (Å²) in [6.07, 6.45) is 3.93. The Hall–Kier alpha value is -1.30. The van der Waals surface area contributed by atoms with Gasteiger partial charge >= 0.3 is 0 Å². The number of imidazole rings is 1. The Balaban J connectivity index is 1.51. The highest BCUT2D eigenvalue weighted by atomic mass is 32.2. The Bertz CT molecular complexity index is 569. The van der Waals surface area contributed by atoms with Crippen molar-refractivity contribution in [3.63, 3.8) is 0 Å². The summed E-state index contributed by atoms with van der Waals surface area (Å²) >= 11 is 2.01. The second-order valence-corrected chi connectivity index (χ2v) is 6.80. The zero-order valence-corrected chi connectivity index (χ0v) is 13.9. The molecule has 1 unspecified atom stereocenters. The van der Waals surface area contributed by atoms with Gasteiger partial charge in [0.1, 0.15) is 5.82 Å². The molecular weight excluding hydrogens is 292 g/mol. The van der Waals surface area contributed by atoms with Crippen LogP contribution < -0.4 is 5.32 Å². The molecule has 0 radical (unpaired) electrons. The molecule has 1 aromatic carbocycles. The van der Waals surface area contributed by atoms with Crippen LogP contribution in [0.25, 0.3) is 0 Å². The third-order valence-corrected chi connectivity index (χ3v) is 5.15. The van der Waals surface area contributed by atoms with Crippen LogP contribution in [0.2, 0.25) is 0 Å². The molecular formula is C17H24N4S. The molecule has 1 atom stereocenters. The van der Waals surface area contributed by atoms with E-state index in [0.717, 1.165) is 37.7 Å². The van der Waals surface area contributed by atoms with E-state index >= 15 is 0 Å². The fraction of sp³-hybridized carbons (Fsp3) is 0.471. The van der Waals surface area contributed by atoms with Gasteiger partial charge in [0.15, 0.2) is 0 Å². The lowest BCUT2D eigenvalue weighted by atomic mass is 10.2. The van der Waals surface area contributed by atoms with Crippen LogP contribution in [-0.2, 0) is 12.8 Å². The van der Waals surface area contributed by atoms with E-state index in [9.17, 15) is 0 Å². The molecule has 4 nitrogen and oxygen atoms in total. The number of benzene rings is 1. The van der Waals surface area contributed by atoms with Crippen molar-refractivity contribution in [2.75, 3.05) is 31.9 Å². The summed E-state index contributed by atoms with van der Waals surface area (Å²) < 4.78 is 2.14. The summed E-state index contributed by atoms with van der Waals surface area (Å²) in [5.41, 5.74) is 1.41. The predicted octanol–water partition coefficient (Wildman–Crippen LogP) is 2.30. The van der Waals surface area contributed by atoms with Crippen LogP contribution in [0.1, 0.15) is 17.4 Å². The first-order valence-corrected chi connectivity index (χ1v) is 9.04. The predicted molar refractivity (Wildman–Crippen MR) is 93.0 cm³/mol. The lowest BCUT2D eigenvalue weighted by molar-refractivity contribution is 0.163. The average molecular weight is 316 g/mol. The number of thioether (sulfide) groups is 1. The van der Waals surface area contributed by atoms with E-state index < -0.39 is 0 Å². The standard InChI is InChI=1S/C17H24N4S/c1-20-9-8-19-17(20)16-13-18-7-10-21(16)11-12-22-14-15-5-3-2-4-6-15/h2-6,8-9,16,18H,7,10-14H2,1H3. The smallest absolute Gasteiger partial charge is 0.127 e. The van der Waals surface area contributed by atoms with Crippen molar-refractivity contribution in [2.24, 2.45) is 7.05 Å². The summed E-state index contributed by atoms with van der Waals surface area (Å²) in [7, 11) is 2.08. The van der Waals surface area contributed by atoms with E-state index in [1.54, 1.807) is 0 Å². The number of nitrogens with zero attached hydrogens (tertiary/aromatic N) is 3. The molecule has 1 saturated heterocycles. The molecule has 22 heavy (non-hydrogen) atoms. The van der Waals surface area contributed by atoms with Gasteiger partial charge in [-0.2, -0.15) is 11.8 Å². The minimum Gasteiger partial charge on any atom is -0.337 e. The van der Waals surface area contributed by atoms with E-state index in [-0.39, 0.29) is 0 Å². The van der Waals surface area contributed by atoms with Gasteiger partial charge in [-0.1, -0.05) is 30.3 Å². The largest absolute Gasteiger partial charge is 0.337 e. The molecule has 1 aromatic heterocycles. The number of rotatable bonds is 6. The van der Waals surface area contributed by atoms with E-state index in [4.69, 9.17) is 0 Å². The molecule has 1 aliphatic rings. The second-order valence-electron chi connectivity index (χ2n) is 5.69. The van der Waals surface area contributed by atoms with Crippen LogP contribution >= 0.6 is 11.8 Å². The molecule has 1 fully saturated rings. The van der Waals surface area contributed by atoms with Gasteiger partial charge in [-0.3, -0.25) is 4.90 Å². The molecule has 0 amide bonds. The SMILES string of the molecule is Cn1ccnc1C1CNCCN1CCSCc1ccccc1. The van der Waals surface area contributed by atoms with E-state index in [1.807, 2.05) is 24.2 Å². The summed E-state index contributed by atoms with van der Waals surface area (Å²) in [5, 5.41) is 3.49. The number of hydrogen-bond donors (Lipinski definition) is 1. The third-order valence-electron chi connectivity index (χ3n) is 4.15. The van der Waals surface area contributed by atoms with Crippen molar-refractivity contribution >= 4 is 11.8 Å². The Morgan fingerprint density at radius 2 is 2.18 bits per heavy atom. The lowest BCUT2D eigenvalue weighted by Gasteiger charge is -2.35. The molecule has 0 bridgehead atoms. The highest BCUT2D eigenvalue weighted by molar-refractivity contribution is 7.98. The Labute approximate surface area is 136 Å². The quantitative estimate of drug-likeness (QED) is 0.829. The minimum atomic E-state index is 0.395. The number of aromatic nitrogens is 2. The van der Waals surface area contributed by atoms with Crippen molar-refractivity contribution in [3.05, 3.63) is 54.1 Å². The highest BCUT2D eigenvalue weighted by Gasteiger charge is 2.26. The first kappa shape index (κ1) is 15.6. The van der Waals surface area contributed by atoms with Crippen LogP contribution in [0.3, 0.4) is 0 Å². The fourth-order valence-electron chi connectivity index (χ4n) is 2.91. The van der Waals surface area contributed by atoms with Gasteiger partial charge in [0, 0.05) is 57.1 Å². The molecule has 1 aliphatic heterocycles. The maximum absolute atomic E-state index is 4.54. The molecule has 0 spiro atoms. The zero-order chi connectivity index (χ0) is 15.2. The molecule has 2 heterocycles. The van der Waals surface area contributed by atoms with Crippen LogP contribution in [0, 0.1) is 0 Å². The topological polar surface area (TPSA) is 33.1 Å². The third kappa shape index (κ3) is 3.91. The lowest BCUT2D eigenvalue weighted by Crippen LogP contribution is -2.47. The second kappa shape index (κ2) is 7.81. The van der Waals surface area contributed by atoms with E-state index in [2.05, 4.69) is 57.1 Å². The number of hydrogen-bond acceptors (Lipinski definition) is 4. The number of aryl methyl sites for hydroxylation is 1. The van der Waals surface area contributed by atoms with Gasteiger partial charge in [-0.15, -0.1) is 0 Å². The van der Waals surface area contributed by atoms with Gasteiger partial charge in [0.25, 0.3) is 0 Å². The Morgan fingerprint density at radius 3 is 2.95 bits per heavy atom. The monoisotopic (exact) mass is 316 g/mol. The molecule has 0 saturated carbocycles. The van der Waals surface area contributed by atoms with Crippen LogP contribution in [0.15, 0.2) is 42.7 Å². The van der Waals surface area contributed by atoms with Gasteiger partial charge < -0.3 is 9.88 Å². The minimum absolute atomic E-state index is 0.395. The summed E-state index contributed by atoms with van der Waals surface area (Å²) in [6.45, 7) is 4.29. The van der Waals surface area contributed by atoms with Crippen LogP contribution in [0.4, 0.5) is 0 Å². The maximum atomic E-state index is 4.54. The van der Waals surface area contributed by atoms with Crippen LogP contribution in [-0.4, -0.2) is 46.4 Å². The first-order valence-electron chi connectivity index (χ1n) is 7.88. The van der Waals surface area contributed by atoms with Crippen molar-refractivity contribution in [1.29, 1.82) is 0 Å². The average Bonchev–Trinajstić information content (AvgIpc) is 2.99. The van der Waals surface area contributed by atoms with E-state index in [0.29, 0.717) is 6.04 Å². The zero-order valence-electron chi connectivity index (χ0n) is 13.1. The highest BCUT2D eigenvalue weighted by Crippen LogP contribution is 2.21. The summed E-state index contributed by atoms with van der Waals surface area (Å²) in [6, 6.07) is 11.1. The fourth-order valence-corrected chi connectivity index (χ4v) is 3.85. The molecule has 3 rings (SSSR count). The maximum Gasteiger partial charge on any atom is 0.127 e. The van der Waals surface area contributed by atoms with Crippen molar-refractivity contribution in [1.82, 2.24) is 19.8 Å². The number of piperazine rings is 1. The van der Waals surface area contributed by atoms with Gasteiger partial charge in [0.2, 0.25) is 0 Å². The van der Waals surface area contributed by atoms with Crippen molar-refractivity contribution in [3.8, 4) is 0 Å². The molecule has 5 heteroatoms. The Kier molecular flexibility index (Phi) is 5.53. The van der Waals surface area contributed by atoms with Crippen LogP contribution in [0.5, 0.6) is 0 Å². The van der Waals surface area contributed by atoms with Gasteiger partial charge in [0.05, 0.1) is 6.04 Å². The molecule has 1 N–H and O–H groups in total. The Morgan fingerprint density at radius 1 is 1.32 bits per heavy atom. The number of nitrogens with one attached hydrogen (secondary N) is 1. The van der Waals surface area contributed by atoms with Gasteiger partial charge in [-0.05, 0) is 5.56 Å². The van der Waals surface area contributed by atoms with Gasteiger partial charge in [-0.25, -0.2) is 4.98 Å². The van der Waals surface area contributed by atoms with Crippen molar-refractivity contribution in [2.45, 2.75) is 11.8 Å². The summed E-state index contributed by atoms with van der Waals surface area (Å²) in [5.74, 6) is 3.43. The first-order chi connectivity index (χ1) is 10.8. The molecule has 2 aromatic rings. The van der Waals surface area contributed by atoms with E-state index in [1.165, 1.54) is 11.4 Å². The summed E-state index contributed by atoms with van der Waals surface area (Å²) in [4.78, 5) is 7.11.